The maximum absolute atomic E-state index is 13.6. The molecule has 3 heteroatoms. The molecule has 1 aromatic carbocycles. The van der Waals surface area contributed by atoms with E-state index in [0.29, 0.717) is 6.54 Å². The summed E-state index contributed by atoms with van der Waals surface area (Å²) < 4.78 is 13.6. The van der Waals surface area contributed by atoms with E-state index in [1.165, 1.54) is 38.9 Å². The molecule has 0 atom stereocenters. The van der Waals surface area contributed by atoms with Gasteiger partial charge in [-0.2, -0.15) is 0 Å². The number of benzene rings is 1. The van der Waals surface area contributed by atoms with Gasteiger partial charge >= 0.3 is 0 Å². The second-order valence-electron chi connectivity index (χ2n) is 5.53. The highest BCUT2D eigenvalue weighted by molar-refractivity contribution is 5.23. The number of hydrogen-bond donors (Lipinski definition) is 1. The van der Waals surface area contributed by atoms with Crippen LogP contribution in [0.15, 0.2) is 18.2 Å². The van der Waals surface area contributed by atoms with Crippen LogP contribution in [0.3, 0.4) is 0 Å². The quantitative estimate of drug-likeness (QED) is 0.794. The predicted octanol–water partition coefficient (Wildman–Crippen LogP) is 3.10. The van der Waals surface area contributed by atoms with E-state index in [4.69, 9.17) is 0 Å². The van der Waals surface area contributed by atoms with Crippen molar-refractivity contribution in [2.45, 2.75) is 39.2 Å². The molecule has 0 amide bonds. The van der Waals surface area contributed by atoms with Gasteiger partial charge in [-0.25, -0.2) is 4.39 Å². The maximum atomic E-state index is 13.6. The molecule has 0 aliphatic carbocycles. The number of piperidine rings is 1. The largest absolute Gasteiger partial charge is 0.313 e. The van der Waals surface area contributed by atoms with Crippen LogP contribution in [0.5, 0.6) is 0 Å². The smallest absolute Gasteiger partial charge is 0.127 e. The minimum atomic E-state index is -0.0940. The molecule has 1 N–H and O–H groups in total. The van der Waals surface area contributed by atoms with Crippen molar-refractivity contribution in [3.8, 4) is 0 Å². The minimum absolute atomic E-state index is 0.0940. The van der Waals surface area contributed by atoms with E-state index < -0.39 is 0 Å². The summed E-state index contributed by atoms with van der Waals surface area (Å²) in [5.41, 5.74) is 1.75. The molecule has 1 aromatic rings. The molecule has 106 valence electrons. The molecule has 0 aromatic heterocycles. The highest BCUT2D eigenvalue weighted by atomic mass is 19.1. The lowest BCUT2D eigenvalue weighted by atomic mass is 10.1. The minimum Gasteiger partial charge on any atom is -0.313 e. The van der Waals surface area contributed by atoms with Gasteiger partial charge in [0.25, 0.3) is 0 Å². The van der Waals surface area contributed by atoms with Crippen molar-refractivity contribution < 1.29 is 4.39 Å². The van der Waals surface area contributed by atoms with Crippen LogP contribution in [-0.2, 0) is 6.54 Å². The molecule has 2 rings (SSSR count). The van der Waals surface area contributed by atoms with Crippen molar-refractivity contribution in [2.75, 3.05) is 26.2 Å². The molecule has 1 saturated heterocycles. The van der Waals surface area contributed by atoms with Gasteiger partial charge in [-0.1, -0.05) is 18.6 Å². The van der Waals surface area contributed by atoms with Crippen LogP contribution in [0, 0.1) is 12.7 Å². The molecular weight excluding hydrogens is 239 g/mol. The van der Waals surface area contributed by atoms with E-state index >= 15 is 0 Å². The van der Waals surface area contributed by atoms with Crippen LogP contribution in [0.25, 0.3) is 0 Å². The summed E-state index contributed by atoms with van der Waals surface area (Å²) in [5, 5.41) is 3.33. The molecule has 1 fully saturated rings. The van der Waals surface area contributed by atoms with Crippen molar-refractivity contribution in [2.24, 2.45) is 0 Å². The zero-order chi connectivity index (χ0) is 13.5. The number of nitrogens with zero attached hydrogens (tertiary/aromatic N) is 1. The lowest BCUT2D eigenvalue weighted by Gasteiger charge is -2.26. The first-order valence-corrected chi connectivity index (χ1v) is 7.44. The van der Waals surface area contributed by atoms with Crippen LogP contribution in [0.4, 0.5) is 4.39 Å². The Morgan fingerprint density at radius 1 is 1.21 bits per heavy atom. The Hall–Kier alpha value is -0.930. The second kappa shape index (κ2) is 7.61. The molecule has 0 radical (unpaired) electrons. The monoisotopic (exact) mass is 264 g/mol. The number of hydrogen-bond acceptors (Lipinski definition) is 2. The molecule has 1 aliphatic heterocycles. The first-order valence-electron chi connectivity index (χ1n) is 7.44. The predicted molar refractivity (Wildman–Crippen MR) is 77.8 cm³/mol. The standard InChI is InChI=1S/C16H25FN2/c1-14-6-7-15(16(17)12-14)13-18-8-5-11-19-9-3-2-4-10-19/h6-7,12,18H,2-5,8-11,13H2,1H3. The average molecular weight is 264 g/mol. The van der Waals surface area contributed by atoms with Gasteiger partial charge in [-0.3, -0.25) is 0 Å². The van der Waals surface area contributed by atoms with Gasteiger partial charge in [0, 0.05) is 12.1 Å². The fraction of sp³-hybridized carbons (Fsp3) is 0.625. The van der Waals surface area contributed by atoms with Crippen LogP contribution < -0.4 is 5.32 Å². The highest BCUT2D eigenvalue weighted by Gasteiger charge is 2.08. The van der Waals surface area contributed by atoms with Crippen LogP contribution in [-0.4, -0.2) is 31.1 Å². The Balaban J connectivity index is 1.61. The van der Waals surface area contributed by atoms with E-state index in [2.05, 4.69) is 10.2 Å². The molecule has 0 spiro atoms. The van der Waals surface area contributed by atoms with Crippen molar-refractivity contribution >= 4 is 0 Å². The van der Waals surface area contributed by atoms with Crippen molar-refractivity contribution in [3.63, 3.8) is 0 Å². The molecular formula is C16H25FN2. The number of rotatable bonds is 6. The summed E-state index contributed by atoms with van der Waals surface area (Å²) in [6.07, 6.45) is 5.24. The Morgan fingerprint density at radius 2 is 2.00 bits per heavy atom. The number of halogens is 1. The molecule has 19 heavy (non-hydrogen) atoms. The third-order valence-electron chi connectivity index (χ3n) is 3.80. The summed E-state index contributed by atoms with van der Waals surface area (Å²) in [7, 11) is 0. The van der Waals surface area contributed by atoms with Gasteiger partial charge in [0.05, 0.1) is 0 Å². The van der Waals surface area contributed by atoms with Crippen molar-refractivity contribution in [3.05, 3.63) is 35.1 Å². The topological polar surface area (TPSA) is 15.3 Å². The van der Waals surface area contributed by atoms with Crippen LogP contribution in [0.1, 0.15) is 36.8 Å². The summed E-state index contributed by atoms with van der Waals surface area (Å²) in [6.45, 7) is 7.19. The number of nitrogens with one attached hydrogen (secondary N) is 1. The van der Waals surface area contributed by atoms with E-state index in [9.17, 15) is 4.39 Å². The molecule has 0 saturated carbocycles. The summed E-state index contributed by atoms with van der Waals surface area (Å²) in [4.78, 5) is 2.54. The van der Waals surface area contributed by atoms with Crippen LogP contribution >= 0.6 is 0 Å². The van der Waals surface area contributed by atoms with E-state index in [-0.39, 0.29) is 5.82 Å². The molecule has 0 unspecified atom stereocenters. The lowest BCUT2D eigenvalue weighted by Crippen LogP contribution is -2.32. The zero-order valence-electron chi connectivity index (χ0n) is 11.9. The van der Waals surface area contributed by atoms with Crippen molar-refractivity contribution in [1.29, 1.82) is 0 Å². The van der Waals surface area contributed by atoms with E-state index in [1.807, 2.05) is 19.1 Å². The summed E-state index contributed by atoms with van der Waals surface area (Å²) >= 11 is 0. The number of likely N-dealkylation sites (tertiary alicyclic amines) is 1. The maximum Gasteiger partial charge on any atom is 0.127 e. The van der Waals surface area contributed by atoms with Gasteiger partial charge in [-0.05, 0) is 64.0 Å². The Labute approximate surface area is 116 Å². The molecule has 1 heterocycles. The van der Waals surface area contributed by atoms with E-state index in [0.717, 1.165) is 24.1 Å². The third kappa shape index (κ3) is 4.92. The second-order valence-corrected chi connectivity index (χ2v) is 5.53. The first kappa shape index (κ1) is 14.5. The van der Waals surface area contributed by atoms with Crippen molar-refractivity contribution in [1.82, 2.24) is 10.2 Å². The van der Waals surface area contributed by atoms with E-state index in [1.54, 1.807) is 6.07 Å². The summed E-state index contributed by atoms with van der Waals surface area (Å²) in [5.74, 6) is -0.0940. The molecule has 2 nitrogen and oxygen atoms in total. The Bertz CT molecular complexity index is 386. The fourth-order valence-electron chi connectivity index (χ4n) is 2.63. The van der Waals surface area contributed by atoms with Gasteiger partial charge in [0.2, 0.25) is 0 Å². The van der Waals surface area contributed by atoms with Gasteiger partial charge in [0.1, 0.15) is 5.82 Å². The van der Waals surface area contributed by atoms with Gasteiger partial charge in [-0.15, -0.1) is 0 Å². The van der Waals surface area contributed by atoms with Crippen LogP contribution in [0.2, 0.25) is 0 Å². The Kier molecular flexibility index (Phi) is 5.80. The lowest BCUT2D eigenvalue weighted by molar-refractivity contribution is 0.225. The molecule has 1 aliphatic rings. The third-order valence-corrected chi connectivity index (χ3v) is 3.80. The SMILES string of the molecule is Cc1ccc(CNCCCN2CCCCC2)c(F)c1. The first-order chi connectivity index (χ1) is 9.25. The summed E-state index contributed by atoms with van der Waals surface area (Å²) in [6, 6.07) is 5.45. The van der Waals surface area contributed by atoms with Gasteiger partial charge < -0.3 is 10.2 Å². The highest BCUT2D eigenvalue weighted by Crippen LogP contribution is 2.10. The average Bonchev–Trinajstić information content (AvgIpc) is 2.42. The Morgan fingerprint density at radius 3 is 2.74 bits per heavy atom. The number of aryl methyl sites for hydroxylation is 1. The van der Waals surface area contributed by atoms with Gasteiger partial charge in [0.15, 0.2) is 0 Å². The fourth-order valence-corrected chi connectivity index (χ4v) is 2.63. The molecule has 0 bridgehead atoms. The zero-order valence-corrected chi connectivity index (χ0v) is 11.9. The normalized spacial score (nSPS) is 16.7.